The van der Waals surface area contributed by atoms with Gasteiger partial charge in [-0.25, -0.2) is 15.0 Å². The first kappa shape index (κ1) is 20.1. The zero-order chi connectivity index (χ0) is 22.4. The number of amides is 1. The molecule has 2 atom stereocenters. The van der Waals surface area contributed by atoms with Gasteiger partial charge in [-0.1, -0.05) is 29.8 Å². The number of rotatable bonds is 7. The zero-order valence-electron chi connectivity index (χ0n) is 17.8. The first-order valence-corrected chi connectivity index (χ1v) is 11.5. The highest BCUT2D eigenvalue weighted by molar-refractivity contribution is 6.30. The van der Waals surface area contributed by atoms with Crippen LogP contribution in [0.1, 0.15) is 47.9 Å². The second-order valence-corrected chi connectivity index (χ2v) is 9.15. The van der Waals surface area contributed by atoms with Gasteiger partial charge < -0.3 is 9.72 Å². The van der Waals surface area contributed by atoms with Crippen LogP contribution in [0, 0.1) is 5.92 Å². The number of fused-ring (bicyclic) bond motifs is 1. The lowest BCUT2D eigenvalue weighted by molar-refractivity contribution is -0.117. The van der Waals surface area contributed by atoms with Gasteiger partial charge in [0, 0.05) is 23.3 Å². The van der Waals surface area contributed by atoms with Crippen LogP contribution < -0.4 is 10.6 Å². The SMILES string of the molecule is O=C(Nc1ncnc(NCc2cn3cc(C4CC4)ccc3n2)n1)[C@H]1C[C@@H]1c1cccc(Cl)c1. The van der Waals surface area contributed by atoms with Gasteiger partial charge in [0.15, 0.2) is 0 Å². The van der Waals surface area contributed by atoms with Crippen molar-refractivity contribution in [2.75, 3.05) is 10.6 Å². The Morgan fingerprint density at radius 3 is 2.79 bits per heavy atom. The molecule has 3 heterocycles. The van der Waals surface area contributed by atoms with Crippen LogP contribution in [0.2, 0.25) is 5.02 Å². The molecule has 1 aromatic carbocycles. The van der Waals surface area contributed by atoms with E-state index in [4.69, 9.17) is 11.6 Å². The van der Waals surface area contributed by atoms with Gasteiger partial charge in [0.05, 0.1) is 12.2 Å². The smallest absolute Gasteiger partial charge is 0.234 e. The van der Waals surface area contributed by atoms with Crippen LogP contribution in [0.5, 0.6) is 0 Å². The van der Waals surface area contributed by atoms with Crippen molar-refractivity contribution in [3.05, 3.63) is 77.0 Å². The number of nitrogens with zero attached hydrogens (tertiary/aromatic N) is 5. The van der Waals surface area contributed by atoms with Crippen molar-refractivity contribution in [2.45, 2.75) is 37.6 Å². The molecule has 6 rings (SSSR count). The summed E-state index contributed by atoms with van der Waals surface area (Å²) in [5, 5.41) is 6.66. The normalized spacial score (nSPS) is 19.4. The summed E-state index contributed by atoms with van der Waals surface area (Å²) in [4.78, 5) is 29.9. The number of carbonyl (C=O) groups is 1. The van der Waals surface area contributed by atoms with Crippen molar-refractivity contribution in [2.24, 2.45) is 5.92 Å². The number of hydrogen-bond donors (Lipinski definition) is 2. The lowest BCUT2D eigenvalue weighted by Gasteiger charge is -2.06. The van der Waals surface area contributed by atoms with Crippen molar-refractivity contribution >= 4 is 35.1 Å². The van der Waals surface area contributed by atoms with E-state index in [1.165, 1.54) is 24.7 Å². The lowest BCUT2D eigenvalue weighted by atomic mass is 10.1. The Morgan fingerprint density at radius 1 is 1.06 bits per heavy atom. The molecule has 4 aromatic rings. The highest BCUT2D eigenvalue weighted by atomic mass is 35.5. The molecular weight excluding hydrogens is 438 g/mol. The number of anilines is 2. The number of halogens is 1. The van der Waals surface area contributed by atoms with Gasteiger partial charge in [0.2, 0.25) is 17.8 Å². The molecule has 0 aliphatic heterocycles. The molecule has 2 fully saturated rings. The van der Waals surface area contributed by atoms with Crippen LogP contribution >= 0.6 is 11.6 Å². The van der Waals surface area contributed by atoms with Gasteiger partial charge >= 0.3 is 0 Å². The van der Waals surface area contributed by atoms with Gasteiger partial charge in [-0.3, -0.25) is 10.1 Å². The maximum absolute atomic E-state index is 12.6. The molecule has 3 aromatic heterocycles. The van der Waals surface area contributed by atoms with Crippen LogP contribution in [0.4, 0.5) is 11.9 Å². The van der Waals surface area contributed by atoms with E-state index in [1.807, 2.05) is 30.5 Å². The molecule has 0 bridgehead atoms. The zero-order valence-corrected chi connectivity index (χ0v) is 18.5. The van der Waals surface area contributed by atoms with E-state index < -0.39 is 0 Å². The fourth-order valence-corrected chi connectivity index (χ4v) is 4.41. The predicted octanol–water partition coefficient (Wildman–Crippen LogP) is 4.40. The third-order valence-electron chi connectivity index (χ3n) is 6.21. The summed E-state index contributed by atoms with van der Waals surface area (Å²) in [5.74, 6) is 1.31. The highest BCUT2D eigenvalue weighted by Gasteiger charge is 2.44. The van der Waals surface area contributed by atoms with Crippen molar-refractivity contribution in [1.82, 2.24) is 24.3 Å². The Bertz CT molecular complexity index is 1350. The second-order valence-electron chi connectivity index (χ2n) is 8.71. The number of nitrogens with one attached hydrogen (secondary N) is 2. The molecule has 33 heavy (non-hydrogen) atoms. The molecule has 2 aliphatic carbocycles. The minimum absolute atomic E-state index is 0.0936. The van der Waals surface area contributed by atoms with E-state index >= 15 is 0 Å². The Kier molecular flexibility index (Phi) is 4.95. The average molecular weight is 460 g/mol. The number of hydrogen-bond acceptors (Lipinski definition) is 6. The van der Waals surface area contributed by atoms with E-state index in [0.29, 0.717) is 23.4 Å². The van der Waals surface area contributed by atoms with Crippen LogP contribution in [0.15, 0.2) is 55.1 Å². The van der Waals surface area contributed by atoms with Gasteiger partial charge in [-0.2, -0.15) is 4.98 Å². The summed E-state index contributed by atoms with van der Waals surface area (Å²) in [6.07, 6.45) is 8.90. The number of pyridine rings is 1. The monoisotopic (exact) mass is 459 g/mol. The Morgan fingerprint density at radius 2 is 1.94 bits per heavy atom. The molecular formula is C24H22ClN7O. The van der Waals surface area contributed by atoms with Crippen LogP contribution in [0.25, 0.3) is 5.65 Å². The standard InChI is InChI=1S/C24H22ClN7O/c25-17-3-1-2-15(8-17)19-9-20(19)22(33)30-24-28-13-27-23(31-24)26-10-18-12-32-11-16(14-4-5-14)6-7-21(32)29-18/h1-3,6-8,11-14,19-20H,4-5,9-10H2,(H2,26,27,28,30,31,33)/t19-,20+/m1/s1. The van der Waals surface area contributed by atoms with Gasteiger partial charge in [-0.15, -0.1) is 0 Å². The van der Waals surface area contributed by atoms with Gasteiger partial charge in [-0.05, 0) is 60.4 Å². The molecule has 0 spiro atoms. The van der Waals surface area contributed by atoms with Crippen LogP contribution in [-0.2, 0) is 11.3 Å². The average Bonchev–Trinajstić information content (AvgIpc) is 3.74. The maximum Gasteiger partial charge on any atom is 0.234 e. The first-order chi connectivity index (χ1) is 16.1. The number of imidazole rings is 1. The number of carbonyl (C=O) groups excluding carboxylic acids is 1. The van der Waals surface area contributed by atoms with E-state index in [-0.39, 0.29) is 23.7 Å². The third kappa shape index (κ3) is 4.39. The van der Waals surface area contributed by atoms with Crippen molar-refractivity contribution in [3.63, 3.8) is 0 Å². The summed E-state index contributed by atoms with van der Waals surface area (Å²) in [5.41, 5.74) is 4.25. The van der Waals surface area contributed by atoms with Crippen LogP contribution in [-0.4, -0.2) is 30.2 Å². The largest absolute Gasteiger partial charge is 0.348 e. The summed E-state index contributed by atoms with van der Waals surface area (Å²) in [7, 11) is 0. The minimum Gasteiger partial charge on any atom is -0.348 e. The summed E-state index contributed by atoms with van der Waals surface area (Å²) in [6.45, 7) is 0.470. The molecule has 2 aliphatic rings. The Hall–Kier alpha value is -3.52. The molecule has 8 nitrogen and oxygen atoms in total. The third-order valence-corrected chi connectivity index (χ3v) is 6.45. The molecule has 166 valence electrons. The predicted molar refractivity (Wildman–Crippen MR) is 125 cm³/mol. The van der Waals surface area contributed by atoms with E-state index in [9.17, 15) is 4.79 Å². The molecule has 0 saturated heterocycles. The van der Waals surface area contributed by atoms with Crippen LogP contribution in [0.3, 0.4) is 0 Å². The summed E-state index contributed by atoms with van der Waals surface area (Å²) < 4.78 is 2.07. The quantitative estimate of drug-likeness (QED) is 0.425. The van der Waals surface area contributed by atoms with Crippen molar-refractivity contribution in [3.8, 4) is 0 Å². The fraction of sp³-hybridized carbons (Fsp3) is 0.292. The topological polar surface area (TPSA) is 97.1 Å². The lowest BCUT2D eigenvalue weighted by Crippen LogP contribution is -2.17. The second kappa shape index (κ2) is 8.12. The molecule has 2 saturated carbocycles. The van der Waals surface area contributed by atoms with E-state index in [0.717, 1.165) is 23.3 Å². The summed E-state index contributed by atoms with van der Waals surface area (Å²) in [6, 6.07) is 11.9. The van der Waals surface area contributed by atoms with Crippen molar-refractivity contribution < 1.29 is 4.79 Å². The van der Waals surface area contributed by atoms with Gasteiger partial charge in [0.25, 0.3) is 0 Å². The van der Waals surface area contributed by atoms with E-state index in [2.05, 4.69) is 53.3 Å². The molecule has 2 N–H and O–H groups in total. The fourth-order valence-electron chi connectivity index (χ4n) is 4.21. The number of benzene rings is 1. The summed E-state index contributed by atoms with van der Waals surface area (Å²) >= 11 is 6.07. The van der Waals surface area contributed by atoms with Crippen molar-refractivity contribution in [1.29, 1.82) is 0 Å². The number of aromatic nitrogens is 5. The minimum atomic E-state index is -0.102. The molecule has 0 radical (unpaired) electrons. The highest BCUT2D eigenvalue weighted by Crippen LogP contribution is 2.48. The first-order valence-electron chi connectivity index (χ1n) is 11.1. The Balaban J connectivity index is 1.08. The molecule has 1 amide bonds. The Labute approximate surface area is 195 Å². The van der Waals surface area contributed by atoms with E-state index in [1.54, 1.807) is 0 Å². The molecule has 0 unspecified atom stereocenters. The molecule has 9 heteroatoms. The maximum atomic E-state index is 12.6. The van der Waals surface area contributed by atoms with Gasteiger partial charge in [0.1, 0.15) is 12.0 Å².